The van der Waals surface area contributed by atoms with Gasteiger partial charge in [0.15, 0.2) is 0 Å². The maximum Gasteiger partial charge on any atom is 0.0499 e. The summed E-state index contributed by atoms with van der Waals surface area (Å²) in [6, 6.07) is 4.31. The molecule has 0 saturated carbocycles. The topological polar surface area (TPSA) is 32.3 Å². The van der Waals surface area contributed by atoms with Crippen molar-refractivity contribution in [2.45, 2.75) is 46.0 Å². The molecule has 0 aliphatic carbocycles. The van der Waals surface area contributed by atoms with Crippen LogP contribution in [0.5, 0.6) is 0 Å². The lowest BCUT2D eigenvalue weighted by Gasteiger charge is -2.32. The summed E-state index contributed by atoms with van der Waals surface area (Å²) in [6.45, 7) is 11.0. The maximum atomic E-state index is 9.55. The summed E-state index contributed by atoms with van der Waals surface area (Å²) in [4.78, 5) is 1.41. The molecule has 2 nitrogen and oxygen atoms in total. The standard InChI is InChI=1S/C15H27NOS/c1-5-15(6-2,12-17)11-16-10-14(3,4)13-8-7-9-18-13/h7-9,16-17H,5-6,10-12H2,1-4H3. The van der Waals surface area contributed by atoms with E-state index in [2.05, 4.69) is 50.5 Å². The average Bonchev–Trinajstić information content (AvgIpc) is 2.90. The molecule has 2 N–H and O–H groups in total. The number of thiophene rings is 1. The molecule has 0 aromatic carbocycles. The molecule has 104 valence electrons. The van der Waals surface area contributed by atoms with Crippen molar-refractivity contribution >= 4 is 11.3 Å². The third-order valence-corrected chi connectivity index (χ3v) is 5.33. The van der Waals surface area contributed by atoms with Crippen LogP contribution in [0.3, 0.4) is 0 Å². The molecule has 1 aromatic heterocycles. The van der Waals surface area contributed by atoms with E-state index in [0.717, 1.165) is 25.9 Å². The van der Waals surface area contributed by atoms with Crippen LogP contribution in [0, 0.1) is 5.41 Å². The summed E-state index contributed by atoms with van der Waals surface area (Å²) in [5.74, 6) is 0. The van der Waals surface area contributed by atoms with Crippen molar-refractivity contribution in [3.05, 3.63) is 22.4 Å². The van der Waals surface area contributed by atoms with E-state index in [1.165, 1.54) is 4.88 Å². The second-order valence-electron chi connectivity index (χ2n) is 5.83. The second kappa shape index (κ2) is 6.69. The molecule has 3 heteroatoms. The van der Waals surface area contributed by atoms with Crippen LogP contribution in [-0.2, 0) is 5.41 Å². The lowest BCUT2D eigenvalue weighted by molar-refractivity contribution is 0.112. The van der Waals surface area contributed by atoms with Gasteiger partial charge in [-0.3, -0.25) is 0 Å². The number of hydrogen-bond donors (Lipinski definition) is 2. The molecule has 1 aromatic rings. The third kappa shape index (κ3) is 3.81. The Kier molecular flexibility index (Phi) is 5.83. The summed E-state index contributed by atoms with van der Waals surface area (Å²) < 4.78 is 0. The van der Waals surface area contributed by atoms with Crippen LogP contribution in [-0.4, -0.2) is 24.8 Å². The van der Waals surface area contributed by atoms with E-state index < -0.39 is 0 Å². The Morgan fingerprint density at radius 3 is 2.33 bits per heavy atom. The minimum absolute atomic E-state index is 0.0472. The van der Waals surface area contributed by atoms with Gasteiger partial charge in [-0.15, -0.1) is 11.3 Å². The summed E-state index contributed by atoms with van der Waals surface area (Å²) in [5.41, 5.74) is 0.211. The van der Waals surface area contributed by atoms with Crippen LogP contribution in [0.25, 0.3) is 0 Å². The normalized spacial score (nSPS) is 12.9. The monoisotopic (exact) mass is 269 g/mol. The largest absolute Gasteiger partial charge is 0.396 e. The molecule has 0 bridgehead atoms. The number of hydrogen-bond acceptors (Lipinski definition) is 3. The van der Waals surface area contributed by atoms with Gasteiger partial charge in [-0.25, -0.2) is 0 Å². The SMILES string of the molecule is CCC(CC)(CO)CNCC(C)(C)c1cccs1. The Morgan fingerprint density at radius 2 is 1.89 bits per heavy atom. The van der Waals surface area contributed by atoms with Crippen molar-refractivity contribution < 1.29 is 5.11 Å². The first-order valence-corrected chi connectivity index (χ1v) is 7.73. The van der Waals surface area contributed by atoms with Gasteiger partial charge in [-0.2, -0.15) is 0 Å². The smallest absolute Gasteiger partial charge is 0.0499 e. The molecule has 0 aliphatic heterocycles. The zero-order chi connectivity index (χ0) is 13.6. The molecular weight excluding hydrogens is 242 g/mol. The molecule has 1 heterocycles. The molecule has 0 amide bonds. The van der Waals surface area contributed by atoms with E-state index in [4.69, 9.17) is 0 Å². The van der Waals surface area contributed by atoms with Crippen LogP contribution in [0.15, 0.2) is 17.5 Å². The Hall–Kier alpha value is -0.380. The number of nitrogens with one attached hydrogen (secondary N) is 1. The van der Waals surface area contributed by atoms with E-state index in [9.17, 15) is 5.11 Å². The molecule has 0 atom stereocenters. The molecule has 0 fully saturated rings. The van der Waals surface area contributed by atoms with Crippen LogP contribution >= 0.6 is 11.3 Å². The van der Waals surface area contributed by atoms with Crippen molar-refractivity contribution in [1.82, 2.24) is 5.32 Å². The molecule has 0 aliphatic rings. The Morgan fingerprint density at radius 1 is 1.22 bits per heavy atom. The van der Waals surface area contributed by atoms with Gasteiger partial charge in [0, 0.05) is 35.4 Å². The predicted octanol–water partition coefficient (Wildman–Crippen LogP) is 3.41. The molecule has 0 saturated heterocycles. The number of aliphatic hydroxyl groups excluding tert-OH is 1. The first-order chi connectivity index (χ1) is 8.49. The van der Waals surface area contributed by atoms with Crippen LogP contribution in [0.2, 0.25) is 0 Å². The fourth-order valence-corrected chi connectivity index (χ4v) is 3.02. The van der Waals surface area contributed by atoms with Gasteiger partial charge >= 0.3 is 0 Å². The van der Waals surface area contributed by atoms with E-state index in [1.807, 2.05) is 11.3 Å². The molecule has 1 rings (SSSR count). The first kappa shape index (κ1) is 15.7. The van der Waals surface area contributed by atoms with Crippen molar-refractivity contribution in [2.75, 3.05) is 19.7 Å². The molecular formula is C15H27NOS. The highest BCUT2D eigenvalue weighted by Gasteiger charge is 2.27. The van der Waals surface area contributed by atoms with Gasteiger partial charge in [0.2, 0.25) is 0 Å². The summed E-state index contributed by atoms with van der Waals surface area (Å²) in [6.07, 6.45) is 2.04. The summed E-state index contributed by atoms with van der Waals surface area (Å²) in [7, 11) is 0. The quantitative estimate of drug-likeness (QED) is 0.758. The Balaban J connectivity index is 2.50. The first-order valence-electron chi connectivity index (χ1n) is 6.85. The summed E-state index contributed by atoms with van der Waals surface area (Å²) in [5, 5.41) is 15.2. The van der Waals surface area contributed by atoms with E-state index in [1.54, 1.807) is 0 Å². The highest BCUT2D eigenvalue weighted by Crippen LogP contribution is 2.28. The van der Waals surface area contributed by atoms with Crippen LogP contribution in [0.1, 0.15) is 45.4 Å². The average molecular weight is 269 g/mol. The lowest BCUT2D eigenvalue weighted by atomic mass is 9.82. The number of rotatable bonds is 8. The zero-order valence-corrected chi connectivity index (χ0v) is 12.9. The predicted molar refractivity (Wildman–Crippen MR) is 80.3 cm³/mol. The van der Waals surface area contributed by atoms with Gasteiger partial charge in [0.05, 0.1) is 0 Å². The van der Waals surface area contributed by atoms with Gasteiger partial charge in [0.25, 0.3) is 0 Å². The molecule has 0 radical (unpaired) electrons. The van der Waals surface area contributed by atoms with Crippen molar-refractivity contribution in [3.8, 4) is 0 Å². The maximum absolute atomic E-state index is 9.55. The fourth-order valence-electron chi connectivity index (χ4n) is 2.17. The van der Waals surface area contributed by atoms with E-state index in [0.29, 0.717) is 0 Å². The van der Waals surface area contributed by atoms with Gasteiger partial charge in [0.1, 0.15) is 0 Å². The minimum atomic E-state index is 0.0472. The van der Waals surface area contributed by atoms with Crippen molar-refractivity contribution in [2.24, 2.45) is 5.41 Å². The fraction of sp³-hybridized carbons (Fsp3) is 0.733. The second-order valence-corrected chi connectivity index (χ2v) is 6.78. The van der Waals surface area contributed by atoms with E-state index >= 15 is 0 Å². The Bertz CT molecular complexity index is 320. The van der Waals surface area contributed by atoms with Gasteiger partial charge in [-0.05, 0) is 24.3 Å². The summed E-state index contributed by atoms with van der Waals surface area (Å²) >= 11 is 1.82. The third-order valence-electron chi connectivity index (χ3n) is 4.09. The van der Waals surface area contributed by atoms with Crippen molar-refractivity contribution in [1.29, 1.82) is 0 Å². The molecule has 18 heavy (non-hydrogen) atoms. The highest BCUT2D eigenvalue weighted by molar-refractivity contribution is 7.10. The highest BCUT2D eigenvalue weighted by atomic mass is 32.1. The minimum Gasteiger partial charge on any atom is -0.396 e. The number of aliphatic hydroxyl groups is 1. The van der Waals surface area contributed by atoms with Gasteiger partial charge in [-0.1, -0.05) is 33.8 Å². The zero-order valence-electron chi connectivity index (χ0n) is 12.1. The van der Waals surface area contributed by atoms with Gasteiger partial charge < -0.3 is 10.4 Å². The van der Waals surface area contributed by atoms with E-state index in [-0.39, 0.29) is 17.4 Å². The molecule has 0 unspecified atom stereocenters. The Labute approximate surface area is 115 Å². The lowest BCUT2D eigenvalue weighted by Crippen LogP contribution is -2.41. The van der Waals surface area contributed by atoms with Crippen molar-refractivity contribution in [3.63, 3.8) is 0 Å². The van der Waals surface area contributed by atoms with Crippen LogP contribution < -0.4 is 5.32 Å². The molecule has 0 spiro atoms. The van der Waals surface area contributed by atoms with Crippen LogP contribution in [0.4, 0.5) is 0 Å².